The average Bonchev–Trinajstić information content (AvgIpc) is 2.97. The van der Waals surface area contributed by atoms with Gasteiger partial charge < -0.3 is 10.0 Å². The van der Waals surface area contributed by atoms with Crippen molar-refractivity contribution in [3.8, 4) is 11.1 Å². The predicted molar refractivity (Wildman–Crippen MR) is 80.9 cm³/mol. The zero-order chi connectivity index (χ0) is 13.9. The molecule has 0 unspecified atom stereocenters. The summed E-state index contributed by atoms with van der Waals surface area (Å²) < 4.78 is 0. The molecule has 0 saturated carbocycles. The maximum absolute atomic E-state index is 12.6. The van der Waals surface area contributed by atoms with Gasteiger partial charge in [0.25, 0.3) is 5.91 Å². The van der Waals surface area contributed by atoms with Crippen molar-refractivity contribution >= 4 is 17.2 Å². The van der Waals surface area contributed by atoms with Gasteiger partial charge in [-0.15, -0.1) is 11.3 Å². The SMILES string of the molecule is O=C(c1sccc1-c1ccccc1)N1CCC[C@H](O)C1. The first-order valence-electron chi connectivity index (χ1n) is 6.86. The molecule has 1 fully saturated rings. The molecule has 1 saturated heterocycles. The Balaban J connectivity index is 1.88. The number of aliphatic hydroxyl groups is 1. The first kappa shape index (κ1) is 13.3. The van der Waals surface area contributed by atoms with Crippen molar-refractivity contribution in [2.45, 2.75) is 18.9 Å². The summed E-state index contributed by atoms with van der Waals surface area (Å²) in [6, 6.07) is 12.0. The van der Waals surface area contributed by atoms with Gasteiger partial charge in [0.15, 0.2) is 0 Å². The van der Waals surface area contributed by atoms with Crippen LogP contribution in [0.1, 0.15) is 22.5 Å². The lowest BCUT2D eigenvalue weighted by Gasteiger charge is -2.30. The van der Waals surface area contributed by atoms with E-state index < -0.39 is 0 Å². The Bertz CT molecular complexity index is 594. The second-order valence-electron chi connectivity index (χ2n) is 5.08. The molecule has 3 rings (SSSR count). The van der Waals surface area contributed by atoms with Crippen LogP contribution in [-0.2, 0) is 0 Å². The van der Waals surface area contributed by atoms with E-state index in [4.69, 9.17) is 0 Å². The Labute approximate surface area is 122 Å². The van der Waals surface area contributed by atoms with E-state index in [0.717, 1.165) is 35.4 Å². The lowest BCUT2D eigenvalue weighted by molar-refractivity contribution is 0.0478. The molecule has 1 aromatic heterocycles. The van der Waals surface area contributed by atoms with Gasteiger partial charge in [-0.05, 0) is 29.9 Å². The van der Waals surface area contributed by atoms with Crippen LogP contribution in [0.3, 0.4) is 0 Å². The van der Waals surface area contributed by atoms with Crippen molar-refractivity contribution in [1.29, 1.82) is 0 Å². The fourth-order valence-corrected chi connectivity index (χ4v) is 3.49. The number of likely N-dealkylation sites (tertiary alicyclic amines) is 1. The molecule has 2 aromatic rings. The Morgan fingerprint density at radius 1 is 1.25 bits per heavy atom. The van der Waals surface area contributed by atoms with Crippen molar-refractivity contribution in [2.24, 2.45) is 0 Å². The number of rotatable bonds is 2. The number of benzene rings is 1. The van der Waals surface area contributed by atoms with E-state index in [1.807, 2.05) is 41.8 Å². The molecule has 1 amide bonds. The van der Waals surface area contributed by atoms with E-state index in [1.165, 1.54) is 11.3 Å². The smallest absolute Gasteiger partial charge is 0.264 e. The van der Waals surface area contributed by atoms with Crippen LogP contribution in [0.25, 0.3) is 11.1 Å². The summed E-state index contributed by atoms with van der Waals surface area (Å²) in [5, 5.41) is 11.7. The minimum Gasteiger partial charge on any atom is -0.391 e. The third-order valence-electron chi connectivity index (χ3n) is 3.63. The Kier molecular flexibility index (Phi) is 3.85. The molecule has 0 bridgehead atoms. The molecule has 20 heavy (non-hydrogen) atoms. The minimum absolute atomic E-state index is 0.0394. The van der Waals surface area contributed by atoms with Crippen LogP contribution in [-0.4, -0.2) is 35.1 Å². The fourth-order valence-electron chi connectivity index (χ4n) is 2.60. The van der Waals surface area contributed by atoms with Crippen molar-refractivity contribution in [3.05, 3.63) is 46.7 Å². The van der Waals surface area contributed by atoms with Gasteiger partial charge in [-0.3, -0.25) is 4.79 Å². The highest BCUT2D eigenvalue weighted by Crippen LogP contribution is 2.30. The number of hydrogen-bond donors (Lipinski definition) is 1. The topological polar surface area (TPSA) is 40.5 Å². The molecule has 0 aliphatic carbocycles. The number of carbonyl (C=O) groups is 1. The summed E-state index contributed by atoms with van der Waals surface area (Å²) in [7, 11) is 0. The molecule has 0 radical (unpaired) electrons. The van der Waals surface area contributed by atoms with Gasteiger partial charge in [0.1, 0.15) is 0 Å². The van der Waals surface area contributed by atoms with Gasteiger partial charge in [-0.1, -0.05) is 30.3 Å². The highest BCUT2D eigenvalue weighted by molar-refractivity contribution is 7.12. The van der Waals surface area contributed by atoms with E-state index in [-0.39, 0.29) is 12.0 Å². The van der Waals surface area contributed by atoms with Crippen LogP contribution in [0.5, 0.6) is 0 Å². The predicted octanol–water partition coefficient (Wildman–Crippen LogP) is 3.01. The second-order valence-corrected chi connectivity index (χ2v) is 5.99. The summed E-state index contributed by atoms with van der Waals surface area (Å²) >= 11 is 1.47. The monoisotopic (exact) mass is 287 g/mol. The fraction of sp³-hybridized carbons (Fsp3) is 0.312. The molecule has 1 atom stereocenters. The highest BCUT2D eigenvalue weighted by Gasteiger charge is 2.25. The van der Waals surface area contributed by atoms with Gasteiger partial charge >= 0.3 is 0 Å². The number of carbonyl (C=O) groups excluding carboxylic acids is 1. The molecular formula is C16H17NO2S. The van der Waals surface area contributed by atoms with Crippen LogP contribution in [0.15, 0.2) is 41.8 Å². The number of thiophene rings is 1. The third kappa shape index (κ3) is 2.62. The zero-order valence-corrected chi connectivity index (χ0v) is 12.0. The van der Waals surface area contributed by atoms with Crippen molar-refractivity contribution < 1.29 is 9.90 Å². The zero-order valence-electron chi connectivity index (χ0n) is 11.2. The van der Waals surface area contributed by atoms with Gasteiger partial charge in [0, 0.05) is 18.7 Å². The van der Waals surface area contributed by atoms with E-state index in [2.05, 4.69) is 0 Å². The lowest BCUT2D eigenvalue weighted by atomic mass is 10.0. The number of β-amino-alcohol motifs (C(OH)–C–C–N with tert-alkyl or cyclic N) is 1. The summed E-state index contributed by atoms with van der Waals surface area (Å²) in [6.45, 7) is 1.19. The Morgan fingerprint density at radius 2 is 2.05 bits per heavy atom. The van der Waals surface area contributed by atoms with Crippen LogP contribution < -0.4 is 0 Å². The Hall–Kier alpha value is -1.65. The Morgan fingerprint density at radius 3 is 2.80 bits per heavy atom. The molecule has 2 heterocycles. The third-order valence-corrected chi connectivity index (χ3v) is 4.53. The molecule has 1 aliphatic rings. The van der Waals surface area contributed by atoms with E-state index in [0.29, 0.717) is 6.54 Å². The molecule has 104 valence electrons. The number of piperidine rings is 1. The van der Waals surface area contributed by atoms with Gasteiger partial charge in [-0.2, -0.15) is 0 Å². The summed E-state index contributed by atoms with van der Waals surface area (Å²) in [4.78, 5) is 15.2. The maximum Gasteiger partial charge on any atom is 0.264 e. The maximum atomic E-state index is 12.6. The highest BCUT2D eigenvalue weighted by atomic mass is 32.1. The summed E-state index contributed by atoms with van der Waals surface area (Å²) in [6.07, 6.45) is 1.28. The van der Waals surface area contributed by atoms with Crippen LogP contribution in [0.4, 0.5) is 0 Å². The molecular weight excluding hydrogens is 270 g/mol. The first-order chi connectivity index (χ1) is 9.75. The number of amides is 1. The van der Waals surface area contributed by atoms with Gasteiger partial charge in [-0.25, -0.2) is 0 Å². The minimum atomic E-state index is -0.382. The van der Waals surface area contributed by atoms with Crippen LogP contribution in [0.2, 0.25) is 0 Å². The molecule has 0 spiro atoms. The molecule has 1 aromatic carbocycles. The van der Waals surface area contributed by atoms with Crippen molar-refractivity contribution in [3.63, 3.8) is 0 Å². The molecule has 4 heteroatoms. The standard InChI is InChI=1S/C16H17NO2S/c18-13-7-4-9-17(11-13)16(19)15-14(8-10-20-15)12-5-2-1-3-6-12/h1-3,5-6,8,10,13,18H,4,7,9,11H2/t13-/m0/s1. The van der Waals surface area contributed by atoms with Crippen molar-refractivity contribution in [2.75, 3.05) is 13.1 Å². The normalized spacial score (nSPS) is 19.1. The van der Waals surface area contributed by atoms with E-state index in [1.54, 1.807) is 4.90 Å². The first-order valence-corrected chi connectivity index (χ1v) is 7.74. The number of nitrogens with zero attached hydrogens (tertiary/aromatic N) is 1. The molecule has 1 aliphatic heterocycles. The quantitative estimate of drug-likeness (QED) is 0.922. The van der Waals surface area contributed by atoms with E-state index >= 15 is 0 Å². The second kappa shape index (κ2) is 5.77. The van der Waals surface area contributed by atoms with Crippen LogP contribution in [0, 0.1) is 0 Å². The van der Waals surface area contributed by atoms with Crippen LogP contribution >= 0.6 is 11.3 Å². The molecule has 1 N–H and O–H groups in total. The summed E-state index contributed by atoms with van der Waals surface area (Å²) in [5.41, 5.74) is 2.05. The largest absolute Gasteiger partial charge is 0.391 e. The van der Waals surface area contributed by atoms with E-state index in [9.17, 15) is 9.90 Å². The number of hydrogen-bond acceptors (Lipinski definition) is 3. The number of aliphatic hydroxyl groups excluding tert-OH is 1. The van der Waals surface area contributed by atoms with Gasteiger partial charge in [0.05, 0.1) is 11.0 Å². The molecule has 3 nitrogen and oxygen atoms in total. The lowest BCUT2D eigenvalue weighted by Crippen LogP contribution is -2.42. The summed E-state index contributed by atoms with van der Waals surface area (Å²) in [5.74, 6) is 0.0394. The van der Waals surface area contributed by atoms with Gasteiger partial charge in [0.2, 0.25) is 0 Å². The average molecular weight is 287 g/mol. The van der Waals surface area contributed by atoms with Crippen molar-refractivity contribution in [1.82, 2.24) is 4.90 Å².